The van der Waals surface area contributed by atoms with Crippen LogP contribution in [0.25, 0.3) is 0 Å². The van der Waals surface area contributed by atoms with Crippen molar-refractivity contribution in [3.05, 3.63) is 16.9 Å². The second-order valence-corrected chi connectivity index (χ2v) is 6.90. The van der Waals surface area contributed by atoms with Gasteiger partial charge >= 0.3 is 0 Å². The smallest absolute Gasteiger partial charge is 0.243 e. The third-order valence-electron chi connectivity index (χ3n) is 5.21. The highest BCUT2D eigenvalue weighted by Gasteiger charge is 2.35. The van der Waals surface area contributed by atoms with Crippen LogP contribution in [0.1, 0.15) is 36.7 Å². The van der Waals surface area contributed by atoms with Crippen molar-refractivity contribution in [3.8, 4) is 6.07 Å². The second kappa shape index (κ2) is 6.89. The van der Waals surface area contributed by atoms with Crippen molar-refractivity contribution >= 4 is 17.7 Å². The molecule has 0 bridgehead atoms. The molecule has 1 unspecified atom stereocenters. The monoisotopic (exact) mass is 344 g/mol. The summed E-state index contributed by atoms with van der Waals surface area (Å²) in [5, 5.41) is 12.0. The van der Waals surface area contributed by atoms with Crippen LogP contribution >= 0.6 is 0 Å². The van der Waals surface area contributed by atoms with E-state index in [-0.39, 0.29) is 29.7 Å². The van der Waals surface area contributed by atoms with Gasteiger partial charge < -0.3 is 9.32 Å². The predicted molar refractivity (Wildman–Crippen MR) is 91.9 cm³/mol. The molecule has 2 fully saturated rings. The molecule has 25 heavy (non-hydrogen) atoms. The van der Waals surface area contributed by atoms with Gasteiger partial charge in [0.2, 0.25) is 17.7 Å². The summed E-state index contributed by atoms with van der Waals surface area (Å²) in [6, 6.07) is 1.73. The van der Waals surface area contributed by atoms with E-state index in [9.17, 15) is 14.9 Å². The van der Waals surface area contributed by atoms with Crippen LogP contribution in [-0.4, -0.2) is 53.8 Å². The highest BCUT2D eigenvalue weighted by Crippen LogP contribution is 2.31. The predicted octanol–water partition coefficient (Wildman–Crippen LogP) is 1.65. The normalized spacial score (nSPS) is 19.4. The van der Waals surface area contributed by atoms with Crippen molar-refractivity contribution in [1.29, 1.82) is 5.26 Å². The third kappa shape index (κ3) is 3.54. The van der Waals surface area contributed by atoms with Crippen LogP contribution in [0.5, 0.6) is 0 Å². The van der Waals surface area contributed by atoms with E-state index >= 15 is 0 Å². The minimum Gasteiger partial charge on any atom is -0.444 e. The lowest BCUT2D eigenvalue weighted by Gasteiger charge is -2.37. The second-order valence-electron chi connectivity index (χ2n) is 6.90. The molecular formula is C18H24N4O3. The summed E-state index contributed by atoms with van der Waals surface area (Å²) in [5.74, 6) is 1.15. The molecule has 1 aliphatic carbocycles. The van der Waals surface area contributed by atoms with Gasteiger partial charge in [-0.15, -0.1) is 0 Å². The molecule has 1 aliphatic heterocycles. The summed E-state index contributed by atoms with van der Waals surface area (Å²) in [5.41, 5.74) is 1.12. The van der Waals surface area contributed by atoms with E-state index in [1.807, 2.05) is 11.8 Å². The minimum absolute atomic E-state index is 0.202. The molecule has 1 saturated heterocycles. The average molecular weight is 344 g/mol. The maximum Gasteiger partial charge on any atom is 0.243 e. The number of carbonyl (C=O) groups excluding carboxylic acids is 2. The minimum atomic E-state index is -0.351. The molecule has 0 aromatic carbocycles. The fourth-order valence-electron chi connectivity index (χ4n) is 3.15. The number of amides is 2. The molecule has 7 heteroatoms. The summed E-state index contributed by atoms with van der Waals surface area (Å²) in [4.78, 5) is 28.6. The first kappa shape index (κ1) is 17.5. The lowest BCUT2D eigenvalue weighted by atomic mass is 10.1. The van der Waals surface area contributed by atoms with Gasteiger partial charge in [-0.1, -0.05) is 0 Å². The number of rotatable bonds is 4. The molecule has 134 valence electrons. The van der Waals surface area contributed by atoms with Gasteiger partial charge in [-0.05, 0) is 33.6 Å². The largest absolute Gasteiger partial charge is 0.444 e. The van der Waals surface area contributed by atoms with Crippen molar-refractivity contribution < 1.29 is 14.0 Å². The topological polar surface area (TPSA) is 89.6 Å². The number of hydrogen-bond acceptors (Lipinski definition) is 5. The number of piperazine rings is 1. The fraction of sp³-hybridized carbons (Fsp3) is 0.611. The SMILES string of the molecule is Cc1oc(NC(=O)C(C)N2CCN(C(=O)C3CC3)CC2)c(C#N)c1C. The summed E-state index contributed by atoms with van der Waals surface area (Å²) >= 11 is 0. The first-order valence-electron chi connectivity index (χ1n) is 8.76. The molecule has 1 aromatic heterocycles. The first-order chi connectivity index (χ1) is 11.9. The van der Waals surface area contributed by atoms with Gasteiger partial charge in [0.05, 0.1) is 6.04 Å². The molecule has 2 amide bonds. The van der Waals surface area contributed by atoms with E-state index in [1.54, 1.807) is 13.8 Å². The van der Waals surface area contributed by atoms with E-state index in [0.717, 1.165) is 18.4 Å². The molecule has 3 rings (SSSR count). The van der Waals surface area contributed by atoms with Crippen molar-refractivity contribution in [2.24, 2.45) is 5.92 Å². The van der Waals surface area contributed by atoms with Gasteiger partial charge in [0, 0.05) is 37.7 Å². The standard InChI is InChI=1S/C18H24N4O3/c1-11-13(3)25-17(15(11)10-19)20-16(23)12(2)21-6-8-22(9-7-21)18(24)14-4-5-14/h12,14H,4-9H2,1-3H3,(H,20,23). The van der Waals surface area contributed by atoms with Crippen LogP contribution in [0.3, 0.4) is 0 Å². The molecule has 1 aromatic rings. The highest BCUT2D eigenvalue weighted by atomic mass is 16.4. The van der Waals surface area contributed by atoms with E-state index in [4.69, 9.17) is 4.42 Å². The molecule has 7 nitrogen and oxygen atoms in total. The summed E-state index contributed by atoms with van der Waals surface area (Å²) in [7, 11) is 0. The molecule has 1 saturated carbocycles. The quantitative estimate of drug-likeness (QED) is 0.897. The summed E-state index contributed by atoms with van der Waals surface area (Å²) in [6.45, 7) is 8.08. The van der Waals surface area contributed by atoms with Gasteiger partial charge in [-0.25, -0.2) is 0 Å². The van der Waals surface area contributed by atoms with Crippen molar-refractivity contribution in [3.63, 3.8) is 0 Å². The number of carbonyl (C=O) groups is 2. The Morgan fingerprint density at radius 1 is 1.24 bits per heavy atom. The van der Waals surface area contributed by atoms with Gasteiger partial charge in [-0.2, -0.15) is 5.26 Å². The average Bonchev–Trinajstić information content (AvgIpc) is 3.42. The third-order valence-corrected chi connectivity index (χ3v) is 5.21. The number of aryl methyl sites for hydroxylation is 1. The Hall–Kier alpha value is -2.33. The Morgan fingerprint density at radius 2 is 1.88 bits per heavy atom. The molecule has 0 spiro atoms. The van der Waals surface area contributed by atoms with Crippen molar-refractivity contribution in [1.82, 2.24) is 9.80 Å². The Labute approximate surface area is 147 Å². The highest BCUT2D eigenvalue weighted by molar-refractivity contribution is 5.94. The van der Waals surface area contributed by atoms with E-state index in [1.165, 1.54) is 0 Å². The van der Waals surface area contributed by atoms with E-state index < -0.39 is 0 Å². The Kier molecular flexibility index (Phi) is 4.82. The zero-order valence-electron chi connectivity index (χ0n) is 15.0. The van der Waals surface area contributed by atoms with Crippen LogP contribution in [0.4, 0.5) is 5.88 Å². The van der Waals surface area contributed by atoms with Gasteiger partial charge in [0.25, 0.3) is 0 Å². The zero-order chi connectivity index (χ0) is 18.1. The maximum atomic E-state index is 12.5. The number of nitrogens with zero attached hydrogens (tertiary/aromatic N) is 3. The fourth-order valence-corrected chi connectivity index (χ4v) is 3.15. The van der Waals surface area contributed by atoms with Gasteiger partial charge in [0.15, 0.2) is 0 Å². The first-order valence-corrected chi connectivity index (χ1v) is 8.76. The molecular weight excluding hydrogens is 320 g/mol. The number of anilines is 1. The van der Waals surface area contributed by atoms with E-state index in [2.05, 4.69) is 16.3 Å². The van der Waals surface area contributed by atoms with Crippen LogP contribution in [0.2, 0.25) is 0 Å². The zero-order valence-corrected chi connectivity index (χ0v) is 15.0. The molecule has 0 radical (unpaired) electrons. The Morgan fingerprint density at radius 3 is 2.44 bits per heavy atom. The summed E-state index contributed by atoms with van der Waals surface area (Å²) in [6.07, 6.45) is 2.03. The number of nitrogens with one attached hydrogen (secondary N) is 1. The van der Waals surface area contributed by atoms with Gasteiger partial charge in [0.1, 0.15) is 17.4 Å². The van der Waals surface area contributed by atoms with Crippen LogP contribution in [0, 0.1) is 31.1 Å². The Balaban J connectivity index is 1.57. The summed E-state index contributed by atoms with van der Waals surface area (Å²) < 4.78 is 5.50. The molecule has 1 N–H and O–H groups in total. The number of hydrogen-bond donors (Lipinski definition) is 1. The lowest BCUT2D eigenvalue weighted by molar-refractivity contribution is -0.135. The van der Waals surface area contributed by atoms with Gasteiger partial charge in [-0.3, -0.25) is 19.8 Å². The maximum absolute atomic E-state index is 12.5. The lowest BCUT2D eigenvalue weighted by Crippen LogP contribution is -2.54. The number of furan rings is 1. The molecule has 2 aliphatic rings. The van der Waals surface area contributed by atoms with Crippen molar-refractivity contribution in [2.45, 2.75) is 39.7 Å². The van der Waals surface area contributed by atoms with Crippen LogP contribution < -0.4 is 5.32 Å². The number of nitriles is 1. The van der Waals surface area contributed by atoms with E-state index in [0.29, 0.717) is 37.5 Å². The Bertz CT molecular complexity index is 721. The van der Waals surface area contributed by atoms with Crippen LogP contribution in [0.15, 0.2) is 4.42 Å². The van der Waals surface area contributed by atoms with Crippen molar-refractivity contribution in [2.75, 3.05) is 31.5 Å². The van der Waals surface area contributed by atoms with Crippen LogP contribution in [-0.2, 0) is 9.59 Å². The molecule has 2 heterocycles. The molecule has 1 atom stereocenters.